The summed E-state index contributed by atoms with van der Waals surface area (Å²) in [4.78, 5) is 11.3. The van der Waals surface area contributed by atoms with Crippen molar-refractivity contribution < 1.29 is 9.53 Å². The van der Waals surface area contributed by atoms with Gasteiger partial charge in [0, 0.05) is 0 Å². The third kappa shape index (κ3) is 3.45. The summed E-state index contributed by atoms with van der Waals surface area (Å²) in [6.45, 7) is 5.64. The van der Waals surface area contributed by atoms with Crippen molar-refractivity contribution in [2.24, 2.45) is 0 Å². The first-order chi connectivity index (χ1) is 8.22. The average molecular weight is 228 g/mol. The summed E-state index contributed by atoms with van der Waals surface area (Å²) in [5, 5.41) is 0. The Labute approximate surface area is 102 Å². The quantitative estimate of drug-likeness (QED) is 0.581. The molecule has 0 radical (unpaired) electrons. The van der Waals surface area contributed by atoms with E-state index in [0.717, 1.165) is 11.1 Å². The number of allylic oxidation sites excluding steroid dienone is 5. The number of hydrogen-bond donors (Lipinski definition) is 0. The Kier molecular flexibility index (Phi) is 4.95. The largest absolute Gasteiger partial charge is 0.465 e. The van der Waals surface area contributed by atoms with Gasteiger partial charge in [0.2, 0.25) is 0 Å². The Balaban J connectivity index is 3.04. The minimum absolute atomic E-state index is 0.322. The van der Waals surface area contributed by atoms with Gasteiger partial charge in [-0.15, -0.1) is 0 Å². The minimum atomic E-state index is -0.322. The van der Waals surface area contributed by atoms with Gasteiger partial charge in [0.05, 0.1) is 12.7 Å². The summed E-state index contributed by atoms with van der Waals surface area (Å²) in [7, 11) is 1.37. The third-order valence-corrected chi connectivity index (χ3v) is 2.28. The predicted molar refractivity (Wildman–Crippen MR) is 70.8 cm³/mol. The summed E-state index contributed by atoms with van der Waals surface area (Å²) in [6.07, 6.45) is 7.62. The zero-order valence-electron chi connectivity index (χ0n) is 10.1. The van der Waals surface area contributed by atoms with Crippen molar-refractivity contribution in [3.05, 3.63) is 66.3 Å². The van der Waals surface area contributed by atoms with Gasteiger partial charge in [0.15, 0.2) is 0 Å². The van der Waals surface area contributed by atoms with Gasteiger partial charge in [-0.2, -0.15) is 0 Å². The Bertz CT molecular complexity index is 450. The maximum Gasteiger partial charge on any atom is 0.337 e. The number of benzene rings is 1. The number of esters is 1. The fraction of sp³-hybridized carbons (Fsp3) is 0.133. The summed E-state index contributed by atoms with van der Waals surface area (Å²) in [6, 6.07) is 7.28. The standard InChI is InChI=1S/C15H16O2/c1-4-6-12(7-5-2)13-8-10-14(11-9-13)15(16)17-3/h4-11H,1H2,2-3H3/b7-5-,12-6+. The van der Waals surface area contributed by atoms with Crippen LogP contribution in [0, 0.1) is 0 Å². The fourth-order valence-corrected chi connectivity index (χ4v) is 1.47. The molecule has 0 N–H and O–H groups in total. The molecular formula is C15H16O2. The molecule has 88 valence electrons. The molecule has 1 aromatic rings. The number of ether oxygens (including phenoxy) is 1. The Morgan fingerprint density at radius 3 is 2.29 bits per heavy atom. The molecule has 0 aliphatic heterocycles. The van der Waals surface area contributed by atoms with Crippen LogP contribution >= 0.6 is 0 Å². The zero-order valence-corrected chi connectivity index (χ0v) is 10.1. The highest BCUT2D eigenvalue weighted by atomic mass is 16.5. The smallest absolute Gasteiger partial charge is 0.337 e. The van der Waals surface area contributed by atoms with Crippen LogP contribution in [0.25, 0.3) is 5.57 Å². The van der Waals surface area contributed by atoms with Crippen LogP contribution < -0.4 is 0 Å². The van der Waals surface area contributed by atoms with Crippen LogP contribution in [0.4, 0.5) is 0 Å². The highest BCUT2D eigenvalue weighted by Gasteiger charge is 2.04. The maximum atomic E-state index is 11.3. The summed E-state index contributed by atoms with van der Waals surface area (Å²) >= 11 is 0. The van der Waals surface area contributed by atoms with E-state index in [0.29, 0.717) is 5.56 Å². The second-order valence-corrected chi connectivity index (χ2v) is 3.43. The zero-order chi connectivity index (χ0) is 12.7. The van der Waals surface area contributed by atoms with Crippen molar-refractivity contribution in [2.45, 2.75) is 6.92 Å². The van der Waals surface area contributed by atoms with E-state index in [1.165, 1.54) is 7.11 Å². The SMILES string of the molecule is C=C/C=C(\C=C/C)c1ccc(C(=O)OC)cc1. The van der Waals surface area contributed by atoms with Crippen molar-refractivity contribution in [3.8, 4) is 0 Å². The molecular weight excluding hydrogens is 212 g/mol. The molecule has 0 fully saturated rings. The van der Waals surface area contributed by atoms with Gasteiger partial charge in [-0.1, -0.05) is 43.0 Å². The van der Waals surface area contributed by atoms with Crippen molar-refractivity contribution in [2.75, 3.05) is 7.11 Å². The van der Waals surface area contributed by atoms with E-state index in [1.807, 2.05) is 37.3 Å². The van der Waals surface area contributed by atoms with Gasteiger partial charge in [0.1, 0.15) is 0 Å². The monoisotopic (exact) mass is 228 g/mol. The first-order valence-corrected chi connectivity index (χ1v) is 5.37. The van der Waals surface area contributed by atoms with Gasteiger partial charge >= 0.3 is 5.97 Å². The summed E-state index contributed by atoms with van der Waals surface area (Å²) < 4.78 is 4.65. The molecule has 1 aromatic carbocycles. The van der Waals surface area contributed by atoms with Crippen molar-refractivity contribution in [3.63, 3.8) is 0 Å². The minimum Gasteiger partial charge on any atom is -0.465 e. The van der Waals surface area contributed by atoms with Gasteiger partial charge in [-0.3, -0.25) is 0 Å². The van der Waals surface area contributed by atoms with E-state index in [1.54, 1.807) is 18.2 Å². The lowest BCUT2D eigenvalue weighted by molar-refractivity contribution is 0.0601. The van der Waals surface area contributed by atoms with Gasteiger partial charge < -0.3 is 4.74 Å². The van der Waals surface area contributed by atoms with Gasteiger partial charge in [-0.25, -0.2) is 4.79 Å². The first-order valence-electron chi connectivity index (χ1n) is 5.37. The first kappa shape index (κ1) is 13.0. The molecule has 0 saturated heterocycles. The Morgan fingerprint density at radius 2 is 1.82 bits per heavy atom. The molecule has 2 heteroatoms. The van der Waals surface area contributed by atoms with E-state index in [9.17, 15) is 4.79 Å². The Morgan fingerprint density at radius 1 is 1.24 bits per heavy atom. The lowest BCUT2D eigenvalue weighted by Crippen LogP contribution is -2.00. The van der Waals surface area contributed by atoms with Gasteiger partial charge in [-0.05, 0) is 30.2 Å². The molecule has 0 unspecified atom stereocenters. The number of carbonyl (C=O) groups excluding carboxylic acids is 1. The number of rotatable bonds is 4. The molecule has 2 nitrogen and oxygen atoms in total. The van der Waals surface area contributed by atoms with Crippen LogP contribution in [0.3, 0.4) is 0 Å². The van der Waals surface area contributed by atoms with Crippen molar-refractivity contribution in [1.82, 2.24) is 0 Å². The second kappa shape index (κ2) is 6.48. The average Bonchev–Trinajstić information content (AvgIpc) is 2.38. The molecule has 17 heavy (non-hydrogen) atoms. The normalized spacial score (nSPS) is 11.5. The molecule has 0 aliphatic rings. The van der Waals surface area contributed by atoms with E-state index in [4.69, 9.17) is 0 Å². The van der Waals surface area contributed by atoms with Crippen LogP contribution in [0.2, 0.25) is 0 Å². The van der Waals surface area contributed by atoms with E-state index >= 15 is 0 Å². The molecule has 0 atom stereocenters. The fourth-order valence-electron chi connectivity index (χ4n) is 1.47. The van der Waals surface area contributed by atoms with E-state index < -0.39 is 0 Å². The highest BCUT2D eigenvalue weighted by molar-refractivity contribution is 5.90. The predicted octanol–water partition coefficient (Wildman–Crippen LogP) is 3.62. The van der Waals surface area contributed by atoms with Crippen LogP contribution in [-0.2, 0) is 4.74 Å². The van der Waals surface area contributed by atoms with Crippen LogP contribution in [0.15, 0.2) is 55.1 Å². The molecule has 0 bridgehead atoms. The molecule has 0 aliphatic carbocycles. The maximum absolute atomic E-state index is 11.3. The Hall–Kier alpha value is -2.09. The number of methoxy groups -OCH3 is 1. The molecule has 0 aromatic heterocycles. The summed E-state index contributed by atoms with van der Waals surface area (Å²) in [5.41, 5.74) is 2.64. The molecule has 0 spiro atoms. The highest BCUT2D eigenvalue weighted by Crippen LogP contribution is 2.17. The lowest BCUT2D eigenvalue weighted by Gasteiger charge is -2.03. The van der Waals surface area contributed by atoms with Crippen molar-refractivity contribution in [1.29, 1.82) is 0 Å². The van der Waals surface area contributed by atoms with Crippen LogP contribution in [0.1, 0.15) is 22.8 Å². The van der Waals surface area contributed by atoms with Crippen molar-refractivity contribution >= 4 is 11.5 Å². The second-order valence-electron chi connectivity index (χ2n) is 3.43. The van der Waals surface area contributed by atoms with E-state index in [-0.39, 0.29) is 5.97 Å². The lowest BCUT2D eigenvalue weighted by atomic mass is 10.0. The molecule has 0 amide bonds. The van der Waals surface area contributed by atoms with E-state index in [2.05, 4.69) is 11.3 Å². The van der Waals surface area contributed by atoms with Crippen LogP contribution in [-0.4, -0.2) is 13.1 Å². The number of hydrogen-bond acceptors (Lipinski definition) is 2. The third-order valence-electron chi connectivity index (χ3n) is 2.28. The molecule has 1 rings (SSSR count). The van der Waals surface area contributed by atoms with Gasteiger partial charge in [0.25, 0.3) is 0 Å². The number of carbonyl (C=O) groups is 1. The topological polar surface area (TPSA) is 26.3 Å². The van der Waals surface area contributed by atoms with Crippen LogP contribution in [0.5, 0.6) is 0 Å². The molecule has 0 heterocycles. The molecule has 0 saturated carbocycles. The summed E-state index contributed by atoms with van der Waals surface area (Å²) in [5.74, 6) is -0.322.